The Balaban J connectivity index is 1.72. The number of hydrogen-bond acceptors (Lipinski definition) is 5. The second kappa shape index (κ2) is 7.03. The van der Waals surface area contributed by atoms with Gasteiger partial charge in [-0.1, -0.05) is 42.5 Å². The van der Waals surface area contributed by atoms with E-state index >= 15 is 0 Å². The summed E-state index contributed by atoms with van der Waals surface area (Å²) in [5.74, 6) is -0.180. The van der Waals surface area contributed by atoms with Gasteiger partial charge in [-0.3, -0.25) is 9.69 Å². The molecule has 1 atom stereocenters. The molecule has 1 aliphatic rings. The van der Waals surface area contributed by atoms with Crippen LogP contribution in [0, 0.1) is 0 Å². The van der Waals surface area contributed by atoms with Crippen LogP contribution in [0.2, 0.25) is 0 Å². The first-order valence-electron chi connectivity index (χ1n) is 8.64. The average molecular weight is 375 g/mol. The number of nitrogens with zero attached hydrogens (tertiary/aromatic N) is 2. The van der Waals surface area contributed by atoms with E-state index in [4.69, 9.17) is 15.6 Å². The van der Waals surface area contributed by atoms with Gasteiger partial charge in [-0.2, -0.15) is 0 Å². The minimum atomic E-state index is -1.00. The van der Waals surface area contributed by atoms with E-state index in [-0.39, 0.29) is 23.8 Å². The van der Waals surface area contributed by atoms with Crippen molar-refractivity contribution in [2.24, 2.45) is 0 Å². The largest absolute Gasteiger partial charge is 0.478 e. The van der Waals surface area contributed by atoms with Crippen LogP contribution in [0.5, 0.6) is 5.75 Å². The Kier molecular flexibility index (Phi) is 4.41. The number of nitrogen functional groups attached to an aromatic ring is 1. The topological polar surface area (TPSA) is 106 Å². The highest BCUT2D eigenvalue weighted by Crippen LogP contribution is 2.38. The number of ether oxygens (including phenoxy) is 1. The molecule has 0 aliphatic carbocycles. The fourth-order valence-corrected chi connectivity index (χ4v) is 3.09. The zero-order valence-corrected chi connectivity index (χ0v) is 14.8. The minimum absolute atomic E-state index is 0.182. The zero-order valence-electron chi connectivity index (χ0n) is 14.8. The highest BCUT2D eigenvalue weighted by molar-refractivity contribution is 5.99. The molecule has 2 heterocycles. The van der Waals surface area contributed by atoms with E-state index in [2.05, 4.69) is 4.98 Å². The maximum Gasteiger partial charge on any atom is 0.335 e. The van der Waals surface area contributed by atoms with Crippen molar-refractivity contribution >= 4 is 23.5 Å². The molecule has 7 heteroatoms. The van der Waals surface area contributed by atoms with Crippen LogP contribution in [-0.4, -0.2) is 22.0 Å². The summed E-state index contributed by atoms with van der Waals surface area (Å²) < 4.78 is 5.92. The van der Waals surface area contributed by atoms with Gasteiger partial charge in [0.15, 0.2) is 11.6 Å². The van der Waals surface area contributed by atoms with Gasteiger partial charge in [0.2, 0.25) is 6.10 Å². The second-order valence-electron chi connectivity index (χ2n) is 6.39. The van der Waals surface area contributed by atoms with E-state index < -0.39 is 12.1 Å². The molecule has 1 aliphatic heterocycles. The first kappa shape index (κ1) is 17.5. The van der Waals surface area contributed by atoms with Gasteiger partial charge in [0, 0.05) is 5.56 Å². The molecule has 1 aromatic heterocycles. The number of rotatable bonds is 4. The molecule has 0 radical (unpaired) electrons. The summed E-state index contributed by atoms with van der Waals surface area (Å²) in [6.45, 7) is 0.217. The van der Waals surface area contributed by atoms with Crippen molar-refractivity contribution in [1.29, 1.82) is 0 Å². The first-order chi connectivity index (χ1) is 13.5. The number of carboxylic acids is 1. The van der Waals surface area contributed by atoms with Crippen molar-refractivity contribution in [3.8, 4) is 5.75 Å². The van der Waals surface area contributed by atoms with Crippen LogP contribution >= 0.6 is 0 Å². The van der Waals surface area contributed by atoms with Crippen LogP contribution < -0.4 is 15.4 Å². The van der Waals surface area contributed by atoms with E-state index in [0.717, 1.165) is 11.1 Å². The first-order valence-corrected chi connectivity index (χ1v) is 8.64. The Morgan fingerprint density at radius 2 is 1.79 bits per heavy atom. The van der Waals surface area contributed by atoms with Crippen LogP contribution in [0.4, 0.5) is 11.6 Å². The van der Waals surface area contributed by atoms with Crippen LogP contribution in [0.25, 0.3) is 0 Å². The number of benzene rings is 2. The van der Waals surface area contributed by atoms with Crippen molar-refractivity contribution < 1.29 is 19.4 Å². The summed E-state index contributed by atoms with van der Waals surface area (Å²) in [6, 6.07) is 18.9. The molecule has 7 nitrogen and oxygen atoms in total. The molecule has 3 N–H and O–H groups in total. The molecule has 0 spiro atoms. The van der Waals surface area contributed by atoms with Crippen LogP contribution in [0.3, 0.4) is 0 Å². The van der Waals surface area contributed by atoms with Gasteiger partial charge in [-0.05, 0) is 29.8 Å². The quantitative estimate of drug-likeness (QED) is 0.726. The maximum absolute atomic E-state index is 13.2. The molecule has 1 amide bonds. The Bertz CT molecular complexity index is 1040. The second-order valence-corrected chi connectivity index (χ2v) is 6.39. The van der Waals surface area contributed by atoms with Gasteiger partial charge in [0.05, 0.1) is 12.1 Å². The summed E-state index contributed by atoms with van der Waals surface area (Å²) in [6.07, 6.45) is -0.794. The molecule has 1 unspecified atom stereocenters. The molecular formula is C21H17N3O4. The van der Waals surface area contributed by atoms with Gasteiger partial charge in [0.25, 0.3) is 5.91 Å². The minimum Gasteiger partial charge on any atom is -0.478 e. The van der Waals surface area contributed by atoms with Gasteiger partial charge in [0.1, 0.15) is 5.82 Å². The average Bonchev–Trinajstić information content (AvgIpc) is 2.71. The lowest BCUT2D eigenvalue weighted by molar-refractivity contribution is -0.126. The number of aromatic carboxylic acids is 1. The molecule has 0 saturated heterocycles. The van der Waals surface area contributed by atoms with E-state index in [1.165, 1.54) is 17.0 Å². The smallest absolute Gasteiger partial charge is 0.335 e. The molecule has 0 fully saturated rings. The Morgan fingerprint density at radius 1 is 1.07 bits per heavy atom. The zero-order chi connectivity index (χ0) is 19.7. The predicted octanol–water partition coefficient (Wildman–Crippen LogP) is 3.03. The lowest BCUT2D eigenvalue weighted by Crippen LogP contribution is -2.41. The lowest BCUT2D eigenvalue weighted by atomic mass is 10.1. The number of carboxylic acid groups (broad SMARTS) is 1. The van der Waals surface area contributed by atoms with Crippen molar-refractivity contribution in [1.82, 2.24) is 4.98 Å². The van der Waals surface area contributed by atoms with Crippen LogP contribution in [0.15, 0.2) is 66.7 Å². The number of hydrogen-bond donors (Lipinski definition) is 2. The number of amides is 1. The SMILES string of the molecule is Nc1ccc2c(n1)N(Cc1ccc(C(=O)O)cc1)C(=O)C(c1ccccc1)O2. The van der Waals surface area contributed by atoms with E-state index in [1.54, 1.807) is 24.3 Å². The van der Waals surface area contributed by atoms with Gasteiger partial charge in [-0.25, -0.2) is 9.78 Å². The molecule has 28 heavy (non-hydrogen) atoms. The van der Waals surface area contributed by atoms with Crippen molar-refractivity contribution in [2.45, 2.75) is 12.6 Å². The summed E-state index contributed by atoms with van der Waals surface area (Å²) >= 11 is 0. The molecular weight excluding hydrogens is 358 g/mol. The number of carbonyl (C=O) groups is 2. The number of carbonyl (C=O) groups excluding carboxylic acids is 1. The summed E-state index contributed by atoms with van der Waals surface area (Å²) in [7, 11) is 0. The van der Waals surface area contributed by atoms with E-state index in [1.807, 2.05) is 30.3 Å². The molecule has 0 saturated carbocycles. The number of aromatic nitrogens is 1. The fraction of sp³-hybridized carbons (Fsp3) is 0.0952. The normalized spacial score (nSPS) is 15.6. The van der Waals surface area contributed by atoms with Crippen molar-refractivity contribution in [3.63, 3.8) is 0 Å². The maximum atomic E-state index is 13.2. The fourth-order valence-electron chi connectivity index (χ4n) is 3.09. The number of anilines is 2. The number of fused-ring (bicyclic) bond motifs is 1. The van der Waals surface area contributed by atoms with Crippen LogP contribution in [0.1, 0.15) is 27.6 Å². The van der Waals surface area contributed by atoms with Gasteiger partial charge >= 0.3 is 5.97 Å². The number of pyridine rings is 1. The van der Waals surface area contributed by atoms with Crippen LogP contribution in [-0.2, 0) is 11.3 Å². The molecule has 2 aromatic carbocycles. The van der Waals surface area contributed by atoms with Gasteiger partial charge < -0.3 is 15.6 Å². The molecule has 4 rings (SSSR count). The number of nitrogens with two attached hydrogens (primary N) is 1. The Labute approximate surface area is 161 Å². The van der Waals surface area contributed by atoms with Crippen molar-refractivity contribution in [2.75, 3.05) is 10.6 Å². The van der Waals surface area contributed by atoms with Crippen molar-refractivity contribution in [3.05, 3.63) is 83.4 Å². The molecule has 3 aromatic rings. The highest BCUT2D eigenvalue weighted by Gasteiger charge is 2.36. The highest BCUT2D eigenvalue weighted by atomic mass is 16.5. The third-order valence-electron chi connectivity index (χ3n) is 4.50. The summed E-state index contributed by atoms with van der Waals surface area (Å²) in [5, 5.41) is 9.06. The Hall–Kier alpha value is -3.87. The molecule has 0 bridgehead atoms. The monoisotopic (exact) mass is 375 g/mol. The van der Waals surface area contributed by atoms with E-state index in [9.17, 15) is 9.59 Å². The third kappa shape index (κ3) is 3.25. The van der Waals surface area contributed by atoms with E-state index in [0.29, 0.717) is 11.6 Å². The van der Waals surface area contributed by atoms with Gasteiger partial charge in [-0.15, -0.1) is 0 Å². The molecule has 140 valence electrons. The summed E-state index contributed by atoms with van der Waals surface area (Å²) in [4.78, 5) is 30.1. The Morgan fingerprint density at radius 3 is 2.46 bits per heavy atom. The predicted molar refractivity (Wildman–Crippen MR) is 103 cm³/mol. The summed E-state index contributed by atoms with van der Waals surface area (Å²) in [5.41, 5.74) is 7.50. The standard InChI is InChI=1S/C21H17N3O4/c22-17-11-10-16-19(23-17)24(12-13-6-8-15(9-7-13)21(26)27)20(25)18(28-16)14-4-2-1-3-5-14/h1-11,18H,12H2,(H2,22,23)(H,26,27). The lowest BCUT2D eigenvalue weighted by Gasteiger charge is -2.33. The third-order valence-corrected chi connectivity index (χ3v) is 4.50.